The standard InChI is InChI=1S/C8H11NO3S/c1-5-6(3-4-10)13-7(8(11)12)9(5)2/h10H,3-4H2,1-2H3/p+1. The molecule has 0 saturated heterocycles. The fraction of sp³-hybridized carbons (Fsp3) is 0.500. The Kier molecular flexibility index (Phi) is 3.00. The first-order valence-corrected chi connectivity index (χ1v) is 4.72. The molecule has 1 heterocycles. The van der Waals surface area contributed by atoms with Gasteiger partial charge in [-0.2, -0.15) is 4.57 Å². The Morgan fingerprint density at radius 2 is 2.23 bits per heavy atom. The van der Waals surface area contributed by atoms with Crippen LogP contribution in [0.1, 0.15) is 20.4 Å². The van der Waals surface area contributed by atoms with Gasteiger partial charge < -0.3 is 10.2 Å². The van der Waals surface area contributed by atoms with E-state index in [0.717, 1.165) is 10.6 Å². The smallest absolute Gasteiger partial charge is 0.412 e. The van der Waals surface area contributed by atoms with Crippen molar-refractivity contribution >= 4 is 17.3 Å². The lowest BCUT2D eigenvalue weighted by atomic mass is 10.3. The molecule has 0 aliphatic heterocycles. The molecular formula is C8H12NO3S+. The molecule has 0 aromatic carbocycles. The van der Waals surface area contributed by atoms with Crippen LogP contribution in [-0.4, -0.2) is 22.8 Å². The quantitative estimate of drug-likeness (QED) is 0.684. The normalized spacial score (nSPS) is 10.4. The molecule has 0 saturated carbocycles. The fourth-order valence-corrected chi connectivity index (χ4v) is 2.19. The van der Waals surface area contributed by atoms with Crippen LogP contribution in [0.5, 0.6) is 0 Å². The van der Waals surface area contributed by atoms with E-state index in [-0.39, 0.29) is 6.61 Å². The Bertz CT molecular complexity index is 332. The van der Waals surface area contributed by atoms with Gasteiger partial charge in [-0.1, -0.05) is 11.3 Å². The predicted molar refractivity (Wildman–Crippen MR) is 48.0 cm³/mol. The van der Waals surface area contributed by atoms with Crippen molar-refractivity contribution in [3.63, 3.8) is 0 Å². The van der Waals surface area contributed by atoms with E-state index in [1.54, 1.807) is 11.6 Å². The van der Waals surface area contributed by atoms with Gasteiger partial charge in [0.2, 0.25) is 0 Å². The number of nitrogens with zero attached hydrogens (tertiary/aromatic N) is 1. The Hall–Kier alpha value is -0.940. The highest BCUT2D eigenvalue weighted by atomic mass is 32.1. The lowest BCUT2D eigenvalue weighted by Gasteiger charge is -1.88. The molecule has 2 N–H and O–H groups in total. The third-order valence-electron chi connectivity index (χ3n) is 1.95. The maximum absolute atomic E-state index is 10.7. The van der Waals surface area contributed by atoms with Crippen LogP contribution in [0.25, 0.3) is 0 Å². The molecule has 1 aromatic heterocycles. The summed E-state index contributed by atoms with van der Waals surface area (Å²) in [6.45, 7) is 1.91. The minimum Gasteiger partial charge on any atom is -0.473 e. The molecule has 4 nitrogen and oxygen atoms in total. The summed E-state index contributed by atoms with van der Waals surface area (Å²) in [5, 5.41) is 17.8. The molecule has 0 spiro atoms. The second-order valence-electron chi connectivity index (χ2n) is 2.75. The molecule has 0 amide bonds. The van der Waals surface area contributed by atoms with Crippen molar-refractivity contribution < 1.29 is 19.6 Å². The Balaban J connectivity index is 3.12. The van der Waals surface area contributed by atoms with Crippen LogP contribution in [-0.2, 0) is 13.5 Å². The van der Waals surface area contributed by atoms with Gasteiger partial charge in [0.25, 0.3) is 0 Å². The monoisotopic (exact) mass is 202 g/mol. The van der Waals surface area contributed by atoms with Crippen molar-refractivity contribution in [2.75, 3.05) is 6.61 Å². The van der Waals surface area contributed by atoms with E-state index in [1.165, 1.54) is 11.3 Å². The van der Waals surface area contributed by atoms with Gasteiger partial charge in [-0.25, -0.2) is 4.79 Å². The van der Waals surface area contributed by atoms with Crippen molar-refractivity contribution in [1.29, 1.82) is 0 Å². The van der Waals surface area contributed by atoms with Crippen LogP contribution in [0.15, 0.2) is 0 Å². The number of aromatic nitrogens is 1. The number of aliphatic hydroxyl groups excluding tert-OH is 1. The summed E-state index contributed by atoms with van der Waals surface area (Å²) in [5.74, 6) is -0.917. The van der Waals surface area contributed by atoms with E-state index < -0.39 is 5.97 Å². The lowest BCUT2D eigenvalue weighted by Crippen LogP contribution is -2.35. The summed E-state index contributed by atoms with van der Waals surface area (Å²) in [6, 6.07) is 0. The van der Waals surface area contributed by atoms with Crippen molar-refractivity contribution in [3.8, 4) is 0 Å². The molecule has 72 valence electrons. The van der Waals surface area contributed by atoms with Gasteiger partial charge in [0.05, 0.1) is 4.88 Å². The number of carboxylic acid groups (broad SMARTS) is 1. The summed E-state index contributed by atoms with van der Waals surface area (Å²) < 4.78 is 1.64. The summed E-state index contributed by atoms with van der Waals surface area (Å²) >= 11 is 1.22. The third kappa shape index (κ3) is 1.87. The highest BCUT2D eigenvalue weighted by Crippen LogP contribution is 2.16. The molecule has 0 fully saturated rings. The van der Waals surface area contributed by atoms with E-state index in [1.807, 2.05) is 6.92 Å². The Morgan fingerprint density at radius 3 is 2.62 bits per heavy atom. The molecule has 0 atom stereocenters. The van der Waals surface area contributed by atoms with Crippen molar-refractivity contribution in [2.24, 2.45) is 7.05 Å². The SMILES string of the molecule is Cc1c(CCO)sc(C(=O)O)[n+]1C. The van der Waals surface area contributed by atoms with Crippen molar-refractivity contribution in [1.82, 2.24) is 0 Å². The summed E-state index contributed by atoms with van der Waals surface area (Å²) in [6.07, 6.45) is 0.525. The number of carboxylic acids is 1. The first-order chi connectivity index (χ1) is 6.07. The molecular weight excluding hydrogens is 190 g/mol. The van der Waals surface area contributed by atoms with E-state index in [0.29, 0.717) is 11.4 Å². The van der Waals surface area contributed by atoms with Crippen LogP contribution in [0.3, 0.4) is 0 Å². The molecule has 0 radical (unpaired) electrons. The second kappa shape index (κ2) is 3.85. The maximum Gasteiger partial charge on any atom is 0.412 e. The number of hydrogen-bond acceptors (Lipinski definition) is 3. The molecule has 13 heavy (non-hydrogen) atoms. The first kappa shape index (κ1) is 10.1. The average molecular weight is 202 g/mol. The summed E-state index contributed by atoms with van der Waals surface area (Å²) in [5.41, 5.74) is 0.913. The Labute approximate surface area is 80.1 Å². The van der Waals surface area contributed by atoms with Gasteiger partial charge in [0.1, 0.15) is 7.05 Å². The van der Waals surface area contributed by atoms with Crippen molar-refractivity contribution in [2.45, 2.75) is 13.3 Å². The van der Waals surface area contributed by atoms with Gasteiger partial charge in [-0.15, -0.1) is 0 Å². The average Bonchev–Trinajstić information content (AvgIpc) is 2.33. The zero-order chi connectivity index (χ0) is 10.0. The van der Waals surface area contributed by atoms with Crippen LogP contribution in [0.4, 0.5) is 0 Å². The van der Waals surface area contributed by atoms with Gasteiger partial charge in [-0.05, 0) is 0 Å². The lowest BCUT2D eigenvalue weighted by molar-refractivity contribution is -0.675. The van der Waals surface area contributed by atoms with Crippen molar-refractivity contribution in [3.05, 3.63) is 15.6 Å². The van der Waals surface area contributed by atoms with Crippen LogP contribution < -0.4 is 4.57 Å². The molecule has 0 aliphatic carbocycles. The highest BCUT2D eigenvalue weighted by Gasteiger charge is 2.24. The first-order valence-electron chi connectivity index (χ1n) is 3.90. The van der Waals surface area contributed by atoms with Gasteiger partial charge in [0.15, 0.2) is 5.69 Å². The number of carbonyl (C=O) groups is 1. The fourth-order valence-electron chi connectivity index (χ4n) is 1.12. The highest BCUT2D eigenvalue weighted by molar-refractivity contribution is 7.13. The molecule has 0 bridgehead atoms. The van der Waals surface area contributed by atoms with E-state index in [2.05, 4.69) is 0 Å². The topological polar surface area (TPSA) is 61.4 Å². The molecule has 0 aliphatic rings. The minimum atomic E-state index is -0.917. The predicted octanol–water partition coefficient (Wildman–Crippen LogP) is 0.114. The number of rotatable bonds is 3. The molecule has 0 unspecified atom stereocenters. The number of hydrogen-bond donors (Lipinski definition) is 2. The minimum absolute atomic E-state index is 0.0560. The van der Waals surface area contributed by atoms with Gasteiger partial charge in [-0.3, -0.25) is 0 Å². The molecule has 1 aromatic rings. The van der Waals surface area contributed by atoms with E-state index in [9.17, 15) is 4.79 Å². The number of aliphatic hydroxyl groups is 1. The van der Waals surface area contributed by atoms with Gasteiger partial charge in [0, 0.05) is 20.0 Å². The zero-order valence-electron chi connectivity index (χ0n) is 7.57. The second-order valence-corrected chi connectivity index (χ2v) is 3.84. The number of thiazole rings is 1. The summed E-state index contributed by atoms with van der Waals surface area (Å²) in [4.78, 5) is 11.7. The Morgan fingerprint density at radius 1 is 1.62 bits per heavy atom. The van der Waals surface area contributed by atoms with Crippen LogP contribution >= 0.6 is 11.3 Å². The summed E-state index contributed by atoms with van der Waals surface area (Å²) in [7, 11) is 1.72. The molecule has 1 rings (SSSR count). The van der Waals surface area contributed by atoms with Crippen LogP contribution in [0.2, 0.25) is 0 Å². The third-order valence-corrected chi connectivity index (χ3v) is 3.34. The molecule has 5 heteroatoms. The zero-order valence-corrected chi connectivity index (χ0v) is 8.39. The van der Waals surface area contributed by atoms with E-state index >= 15 is 0 Å². The number of aromatic carboxylic acids is 1. The van der Waals surface area contributed by atoms with Crippen LogP contribution in [0, 0.1) is 6.92 Å². The largest absolute Gasteiger partial charge is 0.473 e. The van der Waals surface area contributed by atoms with E-state index in [4.69, 9.17) is 10.2 Å². The van der Waals surface area contributed by atoms with Gasteiger partial charge >= 0.3 is 11.0 Å². The maximum atomic E-state index is 10.7.